The molecule has 2 rings (SSSR count). The molecule has 0 atom stereocenters. The van der Waals surface area contributed by atoms with Gasteiger partial charge in [-0.2, -0.15) is 0 Å². The van der Waals surface area contributed by atoms with Crippen LogP contribution in [0.1, 0.15) is 16.7 Å². The van der Waals surface area contributed by atoms with Crippen LogP contribution in [0.15, 0.2) is 24.3 Å². The molecule has 0 saturated heterocycles. The molecular weight excluding hydrogens is 308 g/mol. The van der Waals surface area contributed by atoms with Crippen molar-refractivity contribution in [1.82, 2.24) is 0 Å². The highest BCUT2D eigenvalue weighted by molar-refractivity contribution is 6.30. The predicted molar refractivity (Wildman–Crippen MR) is 70.7 cm³/mol. The second-order valence-electron chi connectivity index (χ2n) is 4.33. The first-order valence-corrected chi connectivity index (χ1v) is 6.28. The first kappa shape index (κ1) is 15.8. The van der Waals surface area contributed by atoms with Gasteiger partial charge < -0.3 is 4.74 Å². The number of hydrogen-bond acceptors (Lipinski definition) is 1. The quantitative estimate of drug-likeness (QED) is 0.581. The molecule has 2 aromatic rings. The van der Waals surface area contributed by atoms with Gasteiger partial charge in [-0.3, -0.25) is 0 Å². The van der Waals surface area contributed by atoms with E-state index >= 15 is 0 Å². The fourth-order valence-electron chi connectivity index (χ4n) is 1.70. The molecule has 2 aromatic carbocycles. The Hall–Kier alpha value is -1.59. The smallest absolute Gasteiger partial charge is 0.167 e. The fraction of sp³-hybridized carbons (Fsp3) is 0.133. The van der Waals surface area contributed by atoms with Crippen molar-refractivity contribution in [3.05, 3.63) is 76.2 Å². The lowest BCUT2D eigenvalue weighted by Crippen LogP contribution is -2.08. The first-order chi connectivity index (χ1) is 9.91. The molecule has 0 saturated carbocycles. The van der Waals surface area contributed by atoms with Crippen molar-refractivity contribution in [1.29, 1.82) is 0 Å². The van der Waals surface area contributed by atoms with Gasteiger partial charge in [-0.25, -0.2) is 17.6 Å². The predicted octanol–water partition coefficient (Wildman–Crippen LogP) is 4.80. The minimum absolute atomic E-state index is 0.0193. The van der Waals surface area contributed by atoms with Crippen LogP contribution >= 0.6 is 11.6 Å². The maximum Gasteiger partial charge on any atom is 0.167 e. The molecule has 0 unspecified atom stereocenters. The van der Waals surface area contributed by atoms with Crippen molar-refractivity contribution >= 4 is 11.6 Å². The van der Waals surface area contributed by atoms with Gasteiger partial charge in [0.1, 0.15) is 0 Å². The molecule has 0 N–H and O–H groups in total. The minimum Gasteiger partial charge on any atom is -0.372 e. The highest BCUT2D eigenvalue weighted by Gasteiger charge is 2.22. The molecule has 0 spiro atoms. The Morgan fingerprint density at radius 1 is 0.857 bits per heavy atom. The third kappa shape index (κ3) is 3.36. The van der Waals surface area contributed by atoms with Crippen molar-refractivity contribution in [3.8, 4) is 0 Å². The number of ether oxygens (including phenoxy) is 1. The Balaban J connectivity index is 2.12. The monoisotopic (exact) mass is 317 g/mol. The van der Waals surface area contributed by atoms with Crippen LogP contribution in [0.4, 0.5) is 17.6 Å². The molecule has 0 bridgehead atoms. The van der Waals surface area contributed by atoms with Crippen LogP contribution in [0, 0.1) is 30.2 Å². The number of halogens is 5. The Labute approximate surface area is 124 Å². The molecule has 0 aliphatic rings. The van der Waals surface area contributed by atoms with Gasteiger partial charge in [0.2, 0.25) is 0 Å². The standard InChI is InChI=1S/C15H10ClF4O/c1-8-12(17)14(19)11(15(20)13(8)18)7-21-6-9-2-4-10(16)5-3-9/h2-5H,1,6-7H2. The average Bonchev–Trinajstić information content (AvgIpc) is 2.48. The van der Waals surface area contributed by atoms with Crippen molar-refractivity contribution in [2.24, 2.45) is 0 Å². The van der Waals surface area contributed by atoms with Crippen LogP contribution in [0.25, 0.3) is 0 Å². The van der Waals surface area contributed by atoms with Gasteiger partial charge in [0.15, 0.2) is 23.3 Å². The maximum atomic E-state index is 13.6. The second kappa shape index (κ2) is 6.45. The molecule has 0 aromatic heterocycles. The molecule has 0 heterocycles. The summed E-state index contributed by atoms with van der Waals surface area (Å²) >= 11 is 5.70. The lowest BCUT2D eigenvalue weighted by atomic mass is 10.1. The van der Waals surface area contributed by atoms with Gasteiger partial charge >= 0.3 is 0 Å². The zero-order valence-electron chi connectivity index (χ0n) is 10.7. The van der Waals surface area contributed by atoms with E-state index in [2.05, 4.69) is 6.92 Å². The molecule has 0 aliphatic heterocycles. The summed E-state index contributed by atoms with van der Waals surface area (Å²) in [5, 5.41) is 0.533. The summed E-state index contributed by atoms with van der Waals surface area (Å²) in [6.07, 6.45) is 0. The van der Waals surface area contributed by atoms with Crippen LogP contribution in [0.5, 0.6) is 0 Å². The van der Waals surface area contributed by atoms with Gasteiger partial charge in [-0.15, -0.1) is 0 Å². The number of benzene rings is 2. The van der Waals surface area contributed by atoms with Crippen molar-refractivity contribution in [2.45, 2.75) is 13.2 Å². The van der Waals surface area contributed by atoms with Gasteiger partial charge in [0, 0.05) is 10.6 Å². The molecular formula is C15H10ClF4O. The molecule has 1 radical (unpaired) electrons. The van der Waals surface area contributed by atoms with E-state index < -0.39 is 41.0 Å². The summed E-state index contributed by atoms with van der Waals surface area (Å²) < 4.78 is 58.8. The zero-order chi connectivity index (χ0) is 15.6. The fourth-order valence-corrected chi connectivity index (χ4v) is 1.83. The molecule has 111 valence electrons. The Morgan fingerprint density at radius 2 is 1.38 bits per heavy atom. The molecule has 1 nitrogen and oxygen atoms in total. The van der Waals surface area contributed by atoms with Crippen LogP contribution in [-0.2, 0) is 18.0 Å². The highest BCUT2D eigenvalue weighted by atomic mass is 35.5. The molecule has 21 heavy (non-hydrogen) atoms. The van der Waals surface area contributed by atoms with E-state index in [1.165, 1.54) is 0 Å². The third-order valence-corrected chi connectivity index (χ3v) is 3.13. The summed E-state index contributed by atoms with van der Waals surface area (Å²) in [4.78, 5) is 0. The van der Waals surface area contributed by atoms with Crippen molar-refractivity contribution in [3.63, 3.8) is 0 Å². The van der Waals surface area contributed by atoms with Crippen LogP contribution in [-0.4, -0.2) is 0 Å². The second-order valence-corrected chi connectivity index (χ2v) is 4.77. The van der Waals surface area contributed by atoms with Gasteiger partial charge in [0.25, 0.3) is 0 Å². The SMILES string of the molecule is [CH2]c1c(F)c(F)c(COCc2ccc(Cl)cc2)c(F)c1F. The van der Waals surface area contributed by atoms with Crippen molar-refractivity contribution < 1.29 is 22.3 Å². The van der Waals surface area contributed by atoms with E-state index in [1.807, 2.05) is 0 Å². The normalized spacial score (nSPS) is 11.0. The molecule has 0 amide bonds. The zero-order valence-corrected chi connectivity index (χ0v) is 11.5. The van der Waals surface area contributed by atoms with Gasteiger partial charge in [0.05, 0.1) is 18.8 Å². The third-order valence-electron chi connectivity index (χ3n) is 2.87. The van der Waals surface area contributed by atoms with E-state index in [4.69, 9.17) is 16.3 Å². The van der Waals surface area contributed by atoms with E-state index in [9.17, 15) is 17.6 Å². The highest BCUT2D eigenvalue weighted by Crippen LogP contribution is 2.24. The lowest BCUT2D eigenvalue weighted by Gasteiger charge is -2.10. The van der Waals surface area contributed by atoms with Crippen LogP contribution in [0.2, 0.25) is 5.02 Å². The molecule has 6 heteroatoms. The molecule has 0 fully saturated rings. The summed E-state index contributed by atoms with van der Waals surface area (Å²) in [7, 11) is 0. The van der Waals surface area contributed by atoms with Gasteiger partial charge in [-0.05, 0) is 24.6 Å². The summed E-state index contributed by atoms with van der Waals surface area (Å²) in [6.45, 7) is 2.35. The summed E-state index contributed by atoms with van der Waals surface area (Å²) in [5.74, 6) is -6.01. The topological polar surface area (TPSA) is 9.23 Å². The average molecular weight is 318 g/mol. The Kier molecular flexibility index (Phi) is 4.85. The number of rotatable bonds is 4. The summed E-state index contributed by atoms with van der Waals surface area (Å²) in [5.41, 5.74) is -1.03. The first-order valence-electron chi connectivity index (χ1n) is 5.90. The van der Waals surface area contributed by atoms with E-state index in [0.29, 0.717) is 10.6 Å². The lowest BCUT2D eigenvalue weighted by molar-refractivity contribution is 0.101. The van der Waals surface area contributed by atoms with E-state index in [1.54, 1.807) is 24.3 Å². The van der Waals surface area contributed by atoms with Crippen LogP contribution < -0.4 is 0 Å². The van der Waals surface area contributed by atoms with Crippen molar-refractivity contribution in [2.75, 3.05) is 0 Å². The van der Waals surface area contributed by atoms with Gasteiger partial charge in [-0.1, -0.05) is 23.7 Å². The number of hydrogen-bond donors (Lipinski definition) is 0. The Bertz CT molecular complexity index is 627. The van der Waals surface area contributed by atoms with E-state index in [0.717, 1.165) is 0 Å². The molecule has 0 aliphatic carbocycles. The van der Waals surface area contributed by atoms with E-state index in [-0.39, 0.29) is 6.61 Å². The largest absolute Gasteiger partial charge is 0.372 e. The maximum absolute atomic E-state index is 13.6. The summed E-state index contributed by atoms with van der Waals surface area (Å²) in [6, 6.07) is 6.57. The minimum atomic E-state index is -1.51. The van der Waals surface area contributed by atoms with Crippen LogP contribution in [0.3, 0.4) is 0 Å². The Morgan fingerprint density at radius 3 is 1.90 bits per heavy atom.